The molecule has 0 fully saturated rings. The largest absolute Gasteiger partial charge is 0.486 e. The molecule has 4 aromatic heterocycles. The van der Waals surface area contributed by atoms with Crippen LogP contribution in [0.5, 0.6) is 11.5 Å². The van der Waals surface area contributed by atoms with Crippen molar-refractivity contribution in [3.05, 3.63) is 75.1 Å². The molecule has 0 saturated carbocycles. The van der Waals surface area contributed by atoms with Crippen LogP contribution in [0, 0.1) is 0 Å². The van der Waals surface area contributed by atoms with Gasteiger partial charge in [-0.2, -0.15) is 4.98 Å². The van der Waals surface area contributed by atoms with Crippen LogP contribution in [0.3, 0.4) is 0 Å². The van der Waals surface area contributed by atoms with Crippen molar-refractivity contribution in [2.24, 2.45) is 0 Å². The summed E-state index contributed by atoms with van der Waals surface area (Å²) in [6, 6.07) is 10.6. The number of nitrogens with one attached hydrogen (secondary N) is 1. The molecule has 0 bridgehead atoms. The maximum atomic E-state index is 13.4. The zero-order chi connectivity index (χ0) is 26.2. The highest BCUT2D eigenvalue weighted by Crippen LogP contribution is 2.31. The van der Waals surface area contributed by atoms with Crippen LogP contribution in [0.25, 0.3) is 27.8 Å². The van der Waals surface area contributed by atoms with E-state index in [1.807, 2.05) is 18.2 Å². The van der Waals surface area contributed by atoms with E-state index in [0.717, 1.165) is 17.3 Å². The fourth-order valence-electron chi connectivity index (χ4n) is 4.13. The second-order valence-electron chi connectivity index (χ2n) is 8.38. The number of methoxy groups -OCH3 is 1. The van der Waals surface area contributed by atoms with Crippen molar-refractivity contribution in [2.75, 3.05) is 26.1 Å². The molecule has 0 unspecified atom stereocenters. The van der Waals surface area contributed by atoms with Crippen LogP contribution < -0.4 is 20.6 Å². The number of carbonyl (C=O) groups is 1. The van der Waals surface area contributed by atoms with Crippen molar-refractivity contribution in [3.8, 4) is 17.4 Å². The summed E-state index contributed by atoms with van der Waals surface area (Å²) in [4.78, 5) is 46.9. The van der Waals surface area contributed by atoms with Gasteiger partial charge in [-0.15, -0.1) is 5.10 Å². The third-order valence-electron chi connectivity index (χ3n) is 6.00. The maximum Gasteiger partial charge on any atom is 0.316 e. The minimum Gasteiger partial charge on any atom is -0.486 e. The van der Waals surface area contributed by atoms with E-state index in [1.165, 1.54) is 17.9 Å². The van der Waals surface area contributed by atoms with Crippen molar-refractivity contribution >= 4 is 39.5 Å². The summed E-state index contributed by atoms with van der Waals surface area (Å²) < 4.78 is 18.7. The molecule has 1 aromatic carbocycles. The van der Waals surface area contributed by atoms with Crippen LogP contribution in [0.15, 0.2) is 63.5 Å². The normalized spacial score (nSPS) is 12.7. The van der Waals surface area contributed by atoms with Gasteiger partial charge in [-0.05, 0) is 35.9 Å². The second-order valence-corrected chi connectivity index (χ2v) is 9.32. The summed E-state index contributed by atoms with van der Waals surface area (Å²) in [7, 11) is 1.30. The molecule has 5 aromatic rings. The Morgan fingerprint density at radius 3 is 2.58 bits per heavy atom. The number of benzene rings is 1. The quantitative estimate of drug-likeness (QED) is 0.196. The Morgan fingerprint density at radius 2 is 1.76 bits per heavy atom. The first-order valence-electron chi connectivity index (χ1n) is 11.6. The molecule has 0 atom stereocenters. The first kappa shape index (κ1) is 23.7. The third kappa shape index (κ3) is 4.36. The molecule has 0 spiro atoms. The molecule has 5 heterocycles. The molecular formula is C25H20N6O6S. The molecule has 0 saturated heterocycles. The van der Waals surface area contributed by atoms with Gasteiger partial charge in [-0.3, -0.25) is 19.0 Å². The Morgan fingerprint density at radius 1 is 1.00 bits per heavy atom. The lowest BCUT2D eigenvalue weighted by molar-refractivity contribution is -0.137. The van der Waals surface area contributed by atoms with E-state index in [2.05, 4.69) is 24.9 Å². The molecule has 12 nitrogen and oxygen atoms in total. The number of ether oxygens (including phenoxy) is 3. The number of pyridine rings is 3. The number of aromatic nitrogens is 6. The molecule has 1 N–H and O–H groups in total. The molecule has 1 aliphatic heterocycles. The highest BCUT2D eigenvalue weighted by Gasteiger charge is 2.15. The molecule has 13 heteroatoms. The number of carbonyl (C=O) groups excluding carboxylic acids is 1. The number of rotatable bonds is 6. The second kappa shape index (κ2) is 9.67. The van der Waals surface area contributed by atoms with Gasteiger partial charge in [-0.25, -0.2) is 10.1 Å². The van der Waals surface area contributed by atoms with Gasteiger partial charge in [0.2, 0.25) is 11.1 Å². The number of aromatic amines is 1. The van der Waals surface area contributed by atoms with E-state index < -0.39 is 11.5 Å². The third-order valence-corrected chi connectivity index (χ3v) is 6.82. The summed E-state index contributed by atoms with van der Waals surface area (Å²) in [5, 5.41) is 7.60. The summed E-state index contributed by atoms with van der Waals surface area (Å²) in [5.41, 5.74) is 1.11. The fraction of sp³-hybridized carbons (Fsp3) is 0.200. The predicted molar refractivity (Wildman–Crippen MR) is 138 cm³/mol. The van der Waals surface area contributed by atoms with Crippen LogP contribution in [-0.2, 0) is 16.1 Å². The fourth-order valence-corrected chi connectivity index (χ4v) is 4.76. The van der Waals surface area contributed by atoms with E-state index in [0.29, 0.717) is 47.7 Å². The van der Waals surface area contributed by atoms with Gasteiger partial charge in [0.15, 0.2) is 11.5 Å². The number of fused-ring (bicyclic) bond motifs is 3. The lowest BCUT2D eigenvalue weighted by Crippen LogP contribution is -2.22. The molecule has 0 radical (unpaired) electrons. The number of thioether (sulfide) groups is 1. The van der Waals surface area contributed by atoms with Crippen molar-refractivity contribution in [3.63, 3.8) is 0 Å². The van der Waals surface area contributed by atoms with Gasteiger partial charge in [0.1, 0.15) is 13.2 Å². The Hall–Kier alpha value is -4.65. The lowest BCUT2D eigenvalue weighted by Gasteiger charge is -2.19. The summed E-state index contributed by atoms with van der Waals surface area (Å²) >= 11 is 1.08. The van der Waals surface area contributed by atoms with Crippen LogP contribution in [0.4, 0.5) is 0 Å². The number of esters is 1. The molecule has 38 heavy (non-hydrogen) atoms. The Bertz CT molecular complexity index is 1830. The zero-order valence-corrected chi connectivity index (χ0v) is 20.9. The maximum absolute atomic E-state index is 13.4. The molecule has 0 amide bonds. The number of nitrogens with zero attached hydrogens (tertiary/aromatic N) is 5. The summed E-state index contributed by atoms with van der Waals surface area (Å²) in [5.74, 6) is 1.12. The SMILES string of the molecule is COC(=O)CSc1n[nH]c(-n2ccc3nc4ccn(Cc5ccc6c(c5)OCCO6)c(=O)c4cc3c2=O)n1. The summed E-state index contributed by atoms with van der Waals surface area (Å²) in [6.07, 6.45) is 3.21. The van der Waals surface area contributed by atoms with Crippen molar-refractivity contribution < 1.29 is 19.0 Å². The molecule has 0 aliphatic carbocycles. The molecule has 192 valence electrons. The standard InChI is InChI=1S/C25H20N6O6S/c1-35-21(32)13-38-25-27-24(28-29-25)31-7-5-18-16(23(31)34)11-15-17(26-18)4-6-30(22(15)33)12-14-2-3-19-20(10-14)37-9-8-36-19/h2-7,10-11H,8-9,12-13H2,1H3,(H,27,28,29). The van der Waals surface area contributed by atoms with E-state index in [4.69, 9.17) is 9.47 Å². The van der Waals surface area contributed by atoms with Gasteiger partial charge in [0.05, 0.1) is 41.2 Å². The zero-order valence-electron chi connectivity index (χ0n) is 20.0. The average molecular weight is 533 g/mol. The van der Waals surface area contributed by atoms with Crippen LogP contribution >= 0.6 is 11.8 Å². The highest BCUT2D eigenvalue weighted by molar-refractivity contribution is 7.99. The van der Waals surface area contributed by atoms with Gasteiger partial charge in [-0.1, -0.05) is 17.8 Å². The van der Waals surface area contributed by atoms with E-state index in [-0.39, 0.29) is 27.8 Å². The van der Waals surface area contributed by atoms with E-state index in [1.54, 1.807) is 29.0 Å². The predicted octanol–water partition coefficient (Wildman–Crippen LogP) is 1.90. The smallest absolute Gasteiger partial charge is 0.316 e. The summed E-state index contributed by atoms with van der Waals surface area (Å²) in [6.45, 7) is 1.29. The van der Waals surface area contributed by atoms with Gasteiger partial charge in [0, 0.05) is 12.4 Å². The van der Waals surface area contributed by atoms with Crippen molar-refractivity contribution in [2.45, 2.75) is 11.7 Å². The number of H-pyrrole nitrogens is 1. The molecule has 1 aliphatic rings. The van der Waals surface area contributed by atoms with Crippen LogP contribution in [-0.4, -0.2) is 61.3 Å². The van der Waals surface area contributed by atoms with Gasteiger partial charge < -0.3 is 18.8 Å². The highest BCUT2D eigenvalue weighted by atomic mass is 32.2. The number of hydrogen-bond acceptors (Lipinski definition) is 10. The van der Waals surface area contributed by atoms with Gasteiger partial charge in [0.25, 0.3) is 11.1 Å². The first-order valence-corrected chi connectivity index (χ1v) is 12.6. The van der Waals surface area contributed by atoms with E-state index >= 15 is 0 Å². The minimum atomic E-state index is -0.417. The topological polar surface area (TPSA) is 143 Å². The van der Waals surface area contributed by atoms with Crippen LogP contribution in [0.1, 0.15) is 5.56 Å². The monoisotopic (exact) mass is 532 g/mol. The Labute approximate surface area is 218 Å². The van der Waals surface area contributed by atoms with E-state index in [9.17, 15) is 14.4 Å². The van der Waals surface area contributed by atoms with Gasteiger partial charge >= 0.3 is 5.97 Å². The first-order chi connectivity index (χ1) is 18.5. The Kier molecular flexibility index (Phi) is 6.04. The molecule has 6 rings (SSSR count). The Balaban J connectivity index is 1.35. The minimum absolute atomic E-state index is 0.0366. The average Bonchev–Trinajstić information content (AvgIpc) is 3.41. The van der Waals surface area contributed by atoms with Crippen molar-refractivity contribution in [1.29, 1.82) is 0 Å². The van der Waals surface area contributed by atoms with Crippen molar-refractivity contribution in [1.82, 2.24) is 29.3 Å². The lowest BCUT2D eigenvalue weighted by atomic mass is 10.1. The number of hydrogen-bond donors (Lipinski definition) is 1. The van der Waals surface area contributed by atoms with Crippen LogP contribution in [0.2, 0.25) is 0 Å². The molecular weight excluding hydrogens is 512 g/mol.